The van der Waals surface area contributed by atoms with Gasteiger partial charge in [-0.2, -0.15) is 0 Å². The fourth-order valence-electron chi connectivity index (χ4n) is 7.91. The highest BCUT2D eigenvalue weighted by molar-refractivity contribution is 6.31. The lowest BCUT2D eigenvalue weighted by Gasteiger charge is -2.22. The molecule has 0 fully saturated rings. The third-order valence-corrected chi connectivity index (χ3v) is 9.95. The first-order chi connectivity index (χ1) is 23.3. The molecule has 47 heavy (non-hydrogen) atoms. The van der Waals surface area contributed by atoms with Crippen molar-refractivity contribution in [3.05, 3.63) is 176 Å². The Bertz CT molecular complexity index is 2640. The van der Waals surface area contributed by atoms with Crippen molar-refractivity contribution in [2.75, 3.05) is 0 Å². The second kappa shape index (κ2) is 10.2. The Morgan fingerprint density at radius 2 is 0.638 bits per heavy atom. The maximum atomic E-state index is 2.49. The number of nitrogens with zero attached hydrogens (tertiary/aromatic N) is 1. The average molecular weight is 596 g/mol. The van der Waals surface area contributed by atoms with Crippen LogP contribution in [-0.4, -0.2) is 4.57 Å². The van der Waals surface area contributed by atoms with Crippen LogP contribution in [0.2, 0.25) is 0 Å². The van der Waals surface area contributed by atoms with Crippen molar-refractivity contribution < 1.29 is 0 Å². The number of fused-ring (bicyclic) bond motifs is 3. The van der Waals surface area contributed by atoms with Crippen LogP contribution in [0.15, 0.2) is 176 Å². The number of rotatable bonds is 4. The predicted octanol–water partition coefficient (Wildman–Crippen LogP) is 12.7. The molecule has 0 aliphatic rings. The first kappa shape index (κ1) is 26.1. The monoisotopic (exact) mass is 595 g/mol. The topological polar surface area (TPSA) is 4.93 Å². The van der Waals surface area contributed by atoms with Crippen LogP contribution < -0.4 is 0 Å². The number of benzene rings is 9. The molecule has 1 heterocycles. The van der Waals surface area contributed by atoms with Gasteiger partial charge in [-0.15, -0.1) is 0 Å². The van der Waals surface area contributed by atoms with Crippen LogP contribution in [0.4, 0.5) is 0 Å². The van der Waals surface area contributed by atoms with Crippen molar-refractivity contribution in [3.63, 3.8) is 0 Å². The quantitative estimate of drug-likeness (QED) is 0.178. The van der Waals surface area contributed by atoms with Gasteiger partial charge in [0.2, 0.25) is 0 Å². The van der Waals surface area contributed by atoms with Crippen molar-refractivity contribution in [1.29, 1.82) is 0 Å². The largest absolute Gasteiger partial charge is 0.309 e. The minimum absolute atomic E-state index is 1.20. The summed E-state index contributed by atoms with van der Waals surface area (Å²) in [5.41, 5.74) is 11.1. The van der Waals surface area contributed by atoms with E-state index in [1.807, 2.05) is 0 Å². The third-order valence-electron chi connectivity index (χ3n) is 9.95. The molecule has 0 bridgehead atoms. The summed E-state index contributed by atoms with van der Waals surface area (Å²) in [5, 5.41) is 10.3. The maximum Gasteiger partial charge on any atom is 0.0547 e. The molecule has 10 aromatic rings. The minimum atomic E-state index is 1.20. The van der Waals surface area contributed by atoms with Crippen LogP contribution in [0, 0.1) is 0 Å². The van der Waals surface area contributed by atoms with Crippen molar-refractivity contribution in [1.82, 2.24) is 4.57 Å². The Balaban J connectivity index is 1.44. The van der Waals surface area contributed by atoms with Gasteiger partial charge < -0.3 is 4.57 Å². The van der Waals surface area contributed by atoms with E-state index in [0.717, 1.165) is 0 Å². The van der Waals surface area contributed by atoms with Crippen LogP contribution in [0.1, 0.15) is 0 Å². The van der Waals surface area contributed by atoms with E-state index < -0.39 is 0 Å². The lowest BCUT2D eigenvalue weighted by Crippen LogP contribution is -1.99. The van der Waals surface area contributed by atoms with E-state index in [-0.39, 0.29) is 0 Å². The Morgan fingerprint density at radius 1 is 0.277 bits per heavy atom. The van der Waals surface area contributed by atoms with Gasteiger partial charge in [-0.1, -0.05) is 152 Å². The van der Waals surface area contributed by atoms with Gasteiger partial charge in [0.25, 0.3) is 0 Å². The van der Waals surface area contributed by atoms with Crippen LogP contribution >= 0.6 is 0 Å². The van der Waals surface area contributed by atoms with E-state index in [1.54, 1.807) is 0 Å². The number of hydrogen-bond donors (Lipinski definition) is 0. The fourth-order valence-corrected chi connectivity index (χ4v) is 7.91. The molecule has 0 spiro atoms. The molecule has 0 atom stereocenters. The van der Waals surface area contributed by atoms with Crippen molar-refractivity contribution in [2.45, 2.75) is 0 Å². The van der Waals surface area contributed by atoms with Crippen molar-refractivity contribution >= 4 is 54.1 Å². The molecule has 0 unspecified atom stereocenters. The van der Waals surface area contributed by atoms with Gasteiger partial charge in [0.05, 0.1) is 16.7 Å². The Kier molecular flexibility index (Phi) is 5.64. The van der Waals surface area contributed by atoms with Crippen LogP contribution in [0.5, 0.6) is 0 Å². The highest BCUT2D eigenvalue weighted by Crippen LogP contribution is 2.48. The summed E-state index contributed by atoms with van der Waals surface area (Å²) in [5.74, 6) is 0. The molecule has 10 rings (SSSR count). The van der Waals surface area contributed by atoms with Gasteiger partial charge >= 0.3 is 0 Å². The molecule has 0 aliphatic carbocycles. The van der Waals surface area contributed by atoms with E-state index in [1.165, 1.54) is 93.2 Å². The van der Waals surface area contributed by atoms with E-state index in [4.69, 9.17) is 0 Å². The smallest absolute Gasteiger partial charge is 0.0547 e. The molecule has 1 nitrogen and oxygen atoms in total. The molecule has 0 aliphatic heterocycles. The van der Waals surface area contributed by atoms with Gasteiger partial charge in [0, 0.05) is 21.5 Å². The number of hydrogen-bond acceptors (Lipinski definition) is 0. The van der Waals surface area contributed by atoms with Gasteiger partial charge in [-0.3, -0.25) is 0 Å². The molecular formula is C46H29N. The normalized spacial score (nSPS) is 11.8. The molecule has 9 aromatic carbocycles. The maximum absolute atomic E-state index is 2.49. The molecule has 1 heteroatoms. The molecule has 0 N–H and O–H groups in total. The van der Waals surface area contributed by atoms with E-state index in [9.17, 15) is 0 Å². The Labute approximate surface area is 272 Å². The van der Waals surface area contributed by atoms with Gasteiger partial charge in [0.1, 0.15) is 0 Å². The first-order valence-corrected chi connectivity index (χ1v) is 16.3. The zero-order valence-electron chi connectivity index (χ0n) is 25.7. The summed E-state index contributed by atoms with van der Waals surface area (Å²) >= 11 is 0. The van der Waals surface area contributed by atoms with E-state index in [2.05, 4.69) is 180 Å². The van der Waals surface area contributed by atoms with Gasteiger partial charge in [-0.25, -0.2) is 0 Å². The molecular weight excluding hydrogens is 567 g/mol. The lowest BCUT2D eigenvalue weighted by molar-refractivity contribution is 1.20. The summed E-state index contributed by atoms with van der Waals surface area (Å²) in [7, 11) is 0. The van der Waals surface area contributed by atoms with Crippen molar-refractivity contribution in [2.24, 2.45) is 0 Å². The molecule has 0 saturated carbocycles. The number of aromatic nitrogens is 1. The average Bonchev–Trinajstić information content (AvgIpc) is 3.48. The fraction of sp³-hybridized carbons (Fsp3) is 0. The highest BCUT2D eigenvalue weighted by atomic mass is 15.0. The zero-order chi connectivity index (χ0) is 30.9. The second-order valence-corrected chi connectivity index (χ2v) is 12.5. The van der Waals surface area contributed by atoms with Crippen LogP contribution in [0.3, 0.4) is 0 Å². The molecule has 0 amide bonds. The first-order valence-electron chi connectivity index (χ1n) is 16.3. The van der Waals surface area contributed by atoms with Gasteiger partial charge in [-0.05, 0) is 79.2 Å². The second-order valence-electron chi connectivity index (χ2n) is 12.5. The summed E-state index contributed by atoms with van der Waals surface area (Å²) in [6.45, 7) is 0. The lowest BCUT2D eigenvalue weighted by atomic mass is 9.83. The minimum Gasteiger partial charge on any atom is -0.309 e. The Hall–Kier alpha value is -6.18. The standard InChI is InChI=1S/C46H29N/c1-4-14-30(15-5-1)39-28-40(31-16-6-2-7-17-31)36-26-27-38-44(47-42-22-12-10-20-33(42)34-21-11-13-23-43(34)47)29-41(32-18-8-3-9-19-32)37-25-24-35(39)45(36)46(37)38/h1-29H. The van der Waals surface area contributed by atoms with Crippen molar-refractivity contribution in [3.8, 4) is 39.1 Å². The summed E-state index contributed by atoms with van der Waals surface area (Å²) in [6.07, 6.45) is 0. The van der Waals surface area contributed by atoms with Crippen LogP contribution in [-0.2, 0) is 0 Å². The van der Waals surface area contributed by atoms with Gasteiger partial charge in [0.15, 0.2) is 0 Å². The zero-order valence-corrected chi connectivity index (χ0v) is 25.7. The van der Waals surface area contributed by atoms with E-state index >= 15 is 0 Å². The van der Waals surface area contributed by atoms with E-state index in [0.29, 0.717) is 0 Å². The Morgan fingerprint density at radius 3 is 1.11 bits per heavy atom. The summed E-state index contributed by atoms with van der Waals surface area (Å²) in [6, 6.07) is 64.5. The SMILES string of the molecule is c1ccc(-c2cc(-c3ccccc3)c3ccc4c(-n5c6ccccc6c6ccccc65)cc(-c5ccccc5)c5ccc2c3c54)cc1. The predicted molar refractivity (Wildman–Crippen MR) is 201 cm³/mol. The molecule has 0 radical (unpaired) electrons. The molecule has 218 valence electrons. The highest BCUT2D eigenvalue weighted by Gasteiger charge is 2.22. The molecule has 0 saturated heterocycles. The van der Waals surface area contributed by atoms with Crippen LogP contribution in [0.25, 0.3) is 93.2 Å². The number of para-hydroxylation sites is 2. The third kappa shape index (κ3) is 3.84. The summed E-state index contributed by atoms with van der Waals surface area (Å²) < 4.78 is 2.49. The molecule has 1 aromatic heterocycles. The summed E-state index contributed by atoms with van der Waals surface area (Å²) in [4.78, 5) is 0.